The predicted molar refractivity (Wildman–Crippen MR) is 0.686 cm³/mol. The Hall–Kier alpha value is 1.77. The van der Waals surface area contributed by atoms with E-state index in [1.54, 1.807) is 0 Å². The van der Waals surface area contributed by atoms with Gasteiger partial charge in [0.15, 0.2) is 0 Å². The summed E-state index contributed by atoms with van der Waals surface area (Å²) in [5.41, 5.74) is 0. The first-order valence-corrected chi connectivity index (χ1v) is 0. The molecule has 0 N–H and O–H groups in total. The molecule has 0 unspecified atom stereocenters. The molecule has 1 nitrogen and oxygen atoms in total. The smallest absolute Gasteiger partial charge is 2.00 e. The topological polar surface area (TPSA) is 28.5 Å². The molecule has 0 aliphatic rings. The van der Waals surface area contributed by atoms with Crippen LogP contribution in [0.1, 0.15) is 0 Å². The summed E-state index contributed by atoms with van der Waals surface area (Å²) >= 11 is 0. The molecule has 4 heteroatoms. The van der Waals surface area contributed by atoms with E-state index in [-0.39, 0.29) is 62.5 Å². The largest absolute Gasteiger partial charge is 4.00 e. The molecule has 0 amide bonds. The Morgan fingerprint density at radius 1 is 1.00 bits per heavy atom. The van der Waals surface area contributed by atoms with Gasteiger partial charge in [-0.25, -0.2) is 0 Å². The molecule has 0 spiro atoms. The van der Waals surface area contributed by atoms with Crippen molar-refractivity contribution in [3.8, 4) is 0 Å². The van der Waals surface area contributed by atoms with Crippen molar-refractivity contribution in [1.29, 1.82) is 0 Å². The van der Waals surface area contributed by atoms with E-state index in [2.05, 4.69) is 0 Å². The molecule has 4 heavy (non-hydrogen) atoms. The summed E-state index contributed by atoms with van der Waals surface area (Å²) in [5.74, 6) is 0. The molecule has 0 aromatic rings. The first kappa shape index (κ1) is 42.0. The van der Waals surface area contributed by atoms with Crippen LogP contribution < -0.4 is 18.9 Å². The van der Waals surface area contributed by atoms with Crippen LogP contribution in [0.4, 0.5) is 0 Å². The van der Waals surface area contributed by atoms with Crippen molar-refractivity contribution in [2.24, 2.45) is 0 Å². The average Bonchev–Trinajstić information content (AvgIpc) is 0. The fourth-order valence-electron chi connectivity index (χ4n) is 0. The van der Waals surface area contributed by atoms with Gasteiger partial charge in [-0.3, -0.25) is 0 Å². The number of rotatable bonds is 0. The third kappa shape index (κ3) is 9.24. The van der Waals surface area contributed by atoms with Gasteiger partial charge < -0.3 is 5.48 Å². The minimum absolute atomic E-state index is 0. The van der Waals surface area contributed by atoms with Crippen molar-refractivity contribution < 1.29 is 62.5 Å². The van der Waals surface area contributed by atoms with Crippen LogP contribution in [0.25, 0.3) is 0 Å². The van der Waals surface area contributed by atoms with E-state index in [1.165, 1.54) is 0 Å². The van der Waals surface area contributed by atoms with E-state index < -0.39 is 0 Å². The van der Waals surface area contributed by atoms with Crippen molar-refractivity contribution in [1.82, 2.24) is 0 Å². The Labute approximate surface area is 62.1 Å². The molecule has 0 aromatic heterocycles. The zero-order valence-electron chi connectivity index (χ0n) is 2.19. The maximum atomic E-state index is 0. The summed E-state index contributed by atoms with van der Waals surface area (Å²) in [6, 6.07) is 0. The van der Waals surface area contributed by atoms with Crippen molar-refractivity contribution in [3.63, 3.8) is 0 Å². The fraction of sp³-hybridized carbons (Fsp3) is 0. The second kappa shape index (κ2) is 21.7. The second-order valence-electron chi connectivity index (χ2n) is 0. The van der Waals surface area contributed by atoms with Crippen LogP contribution in [-0.4, -0.2) is 0 Å². The molecule has 1 radical (unpaired) electrons. The molecule has 0 saturated heterocycles. The SMILES string of the molecule is [Li+].[Mn+2].[Mo+4].[O-2]. The standard InChI is InChI=1S/Li.Mn.Mo.O/q+1;+2;+4;-2. The van der Waals surface area contributed by atoms with Crippen LogP contribution in [0.3, 0.4) is 0 Å². The molecule has 0 saturated carbocycles. The average molecular weight is 174 g/mol. The summed E-state index contributed by atoms with van der Waals surface area (Å²) in [5, 5.41) is 0. The predicted octanol–water partition coefficient (Wildman–Crippen LogP) is -3.12. The zero-order chi connectivity index (χ0) is 0. The minimum Gasteiger partial charge on any atom is -2.00 e. The van der Waals surface area contributed by atoms with Gasteiger partial charge in [0.2, 0.25) is 0 Å². The van der Waals surface area contributed by atoms with E-state index in [0.29, 0.717) is 0 Å². The van der Waals surface area contributed by atoms with Crippen LogP contribution >= 0.6 is 0 Å². The van der Waals surface area contributed by atoms with Gasteiger partial charge in [0.1, 0.15) is 0 Å². The molecule has 0 aromatic carbocycles. The molecular weight excluding hydrogens is 174 g/mol. The van der Waals surface area contributed by atoms with Crippen LogP contribution in [0.5, 0.6) is 0 Å². The maximum Gasteiger partial charge on any atom is 4.00 e. The summed E-state index contributed by atoms with van der Waals surface area (Å²) in [6.45, 7) is 0. The molecule has 0 bridgehead atoms. The Morgan fingerprint density at radius 3 is 1.00 bits per heavy atom. The first-order chi connectivity index (χ1) is 0. The Kier molecular flexibility index (Phi) is 228. The molecule has 0 aliphatic carbocycles. The van der Waals surface area contributed by atoms with Gasteiger partial charge in [-0.15, -0.1) is 0 Å². The van der Waals surface area contributed by atoms with Crippen molar-refractivity contribution >= 4 is 0 Å². The van der Waals surface area contributed by atoms with Crippen LogP contribution in [-0.2, 0) is 43.6 Å². The second-order valence-corrected chi connectivity index (χ2v) is 0. The van der Waals surface area contributed by atoms with Crippen molar-refractivity contribution in [2.45, 2.75) is 0 Å². The first-order valence-electron chi connectivity index (χ1n) is 0. The molecule has 0 fully saturated rings. The van der Waals surface area contributed by atoms with Crippen molar-refractivity contribution in [3.05, 3.63) is 0 Å². The van der Waals surface area contributed by atoms with E-state index in [4.69, 9.17) is 0 Å². The van der Waals surface area contributed by atoms with E-state index in [1.807, 2.05) is 0 Å². The minimum atomic E-state index is 0. The van der Waals surface area contributed by atoms with Gasteiger partial charge in [0.05, 0.1) is 0 Å². The summed E-state index contributed by atoms with van der Waals surface area (Å²) in [4.78, 5) is 0. The fourth-order valence-corrected chi connectivity index (χ4v) is 0. The van der Waals surface area contributed by atoms with E-state index >= 15 is 0 Å². The van der Waals surface area contributed by atoms with Gasteiger partial charge in [-0.2, -0.15) is 0 Å². The summed E-state index contributed by atoms with van der Waals surface area (Å²) in [7, 11) is 0. The van der Waals surface area contributed by atoms with Crippen molar-refractivity contribution in [2.75, 3.05) is 0 Å². The Bertz CT molecular complexity index is 8.00. The summed E-state index contributed by atoms with van der Waals surface area (Å²) in [6.07, 6.45) is 0. The van der Waals surface area contributed by atoms with E-state index in [0.717, 1.165) is 0 Å². The molecule has 15 valence electrons. The third-order valence-electron chi connectivity index (χ3n) is 0. The van der Waals surface area contributed by atoms with Gasteiger partial charge in [0.25, 0.3) is 0 Å². The van der Waals surface area contributed by atoms with Gasteiger partial charge in [-0.1, -0.05) is 0 Å². The van der Waals surface area contributed by atoms with Gasteiger partial charge in [0, 0.05) is 0 Å². The Balaban J connectivity index is 0. The zero-order valence-corrected chi connectivity index (χ0v) is 5.38. The van der Waals surface area contributed by atoms with E-state index in [9.17, 15) is 0 Å². The molecule has 0 heterocycles. The Morgan fingerprint density at radius 2 is 1.00 bits per heavy atom. The third-order valence-corrected chi connectivity index (χ3v) is 0. The van der Waals surface area contributed by atoms with Crippen LogP contribution in [0, 0.1) is 0 Å². The van der Waals surface area contributed by atoms with Gasteiger partial charge in [-0.05, 0) is 0 Å². The van der Waals surface area contributed by atoms with Crippen LogP contribution in [0.2, 0.25) is 0 Å². The molecule has 0 rings (SSSR count). The maximum absolute atomic E-state index is 0. The molecular formula is LiMnMoO+5. The quantitative estimate of drug-likeness (QED) is 0.347. The molecule has 0 aliphatic heterocycles. The normalized spacial score (nSPS) is 0. The number of hydrogen-bond donors (Lipinski definition) is 0. The monoisotopic (exact) mass is 176 g/mol. The summed E-state index contributed by atoms with van der Waals surface area (Å²) < 4.78 is 0. The van der Waals surface area contributed by atoms with Gasteiger partial charge >= 0.3 is 57.0 Å². The van der Waals surface area contributed by atoms with Crippen LogP contribution in [0.15, 0.2) is 0 Å². The molecule has 0 atom stereocenters. The number of hydrogen-bond acceptors (Lipinski definition) is 0.